The molecule has 0 heterocycles. The number of phenolic OH excluding ortho intramolecular Hbond substituents is 2. The number of hydrogen-bond donors (Lipinski definition) is 3. The molecule has 96 valence electrons. The van der Waals surface area contributed by atoms with Crippen LogP contribution in [0.25, 0.3) is 0 Å². The SMILES string of the molecule is CCCNc1cc(O)c2c(c1O)C(=O)CCC2=O. The lowest BCUT2D eigenvalue weighted by Gasteiger charge is -2.19. The Hall–Kier alpha value is -2.04. The van der Waals surface area contributed by atoms with Crippen molar-refractivity contribution < 1.29 is 19.8 Å². The number of ketones is 2. The van der Waals surface area contributed by atoms with Crippen LogP contribution in [-0.2, 0) is 0 Å². The highest BCUT2D eigenvalue weighted by atomic mass is 16.3. The zero-order chi connectivity index (χ0) is 13.3. The predicted octanol–water partition coefficient (Wildman–Crippen LogP) is 2.08. The van der Waals surface area contributed by atoms with Gasteiger partial charge in [0.15, 0.2) is 11.6 Å². The molecule has 3 N–H and O–H groups in total. The Morgan fingerprint density at radius 3 is 2.39 bits per heavy atom. The van der Waals surface area contributed by atoms with E-state index < -0.39 is 0 Å². The van der Waals surface area contributed by atoms with Gasteiger partial charge in [-0.2, -0.15) is 0 Å². The molecule has 0 bridgehead atoms. The quantitative estimate of drug-likeness (QED) is 0.564. The van der Waals surface area contributed by atoms with E-state index in [1.54, 1.807) is 0 Å². The molecular weight excluding hydrogens is 234 g/mol. The van der Waals surface area contributed by atoms with E-state index in [1.807, 2.05) is 6.92 Å². The van der Waals surface area contributed by atoms with Crippen LogP contribution in [-0.4, -0.2) is 28.3 Å². The Kier molecular flexibility index (Phi) is 3.23. The van der Waals surface area contributed by atoms with Gasteiger partial charge in [-0.3, -0.25) is 9.59 Å². The minimum Gasteiger partial charge on any atom is -0.507 e. The third kappa shape index (κ3) is 1.92. The van der Waals surface area contributed by atoms with Crippen molar-refractivity contribution in [3.63, 3.8) is 0 Å². The zero-order valence-corrected chi connectivity index (χ0v) is 10.1. The summed E-state index contributed by atoms with van der Waals surface area (Å²) < 4.78 is 0. The second-order valence-corrected chi connectivity index (χ2v) is 4.31. The lowest BCUT2D eigenvalue weighted by molar-refractivity contribution is 0.0885. The number of hydrogen-bond acceptors (Lipinski definition) is 5. The monoisotopic (exact) mass is 249 g/mol. The van der Waals surface area contributed by atoms with Crippen LogP contribution < -0.4 is 5.32 Å². The van der Waals surface area contributed by atoms with Gasteiger partial charge in [-0.15, -0.1) is 0 Å². The van der Waals surface area contributed by atoms with Gasteiger partial charge < -0.3 is 15.5 Å². The van der Waals surface area contributed by atoms with Gasteiger partial charge in [-0.25, -0.2) is 0 Å². The van der Waals surface area contributed by atoms with Crippen LogP contribution in [0.4, 0.5) is 5.69 Å². The molecule has 0 fully saturated rings. The van der Waals surface area contributed by atoms with E-state index in [1.165, 1.54) is 6.07 Å². The van der Waals surface area contributed by atoms with Crippen molar-refractivity contribution in [2.24, 2.45) is 0 Å². The Morgan fingerprint density at radius 1 is 1.17 bits per heavy atom. The van der Waals surface area contributed by atoms with Crippen molar-refractivity contribution in [2.75, 3.05) is 11.9 Å². The largest absolute Gasteiger partial charge is 0.507 e. The maximum atomic E-state index is 11.8. The Morgan fingerprint density at radius 2 is 1.78 bits per heavy atom. The third-order valence-corrected chi connectivity index (χ3v) is 2.98. The molecule has 0 aromatic heterocycles. The summed E-state index contributed by atoms with van der Waals surface area (Å²) in [5, 5.41) is 22.8. The number of aromatic hydroxyl groups is 2. The Labute approximate surface area is 104 Å². The summed E-state index contributed by atoms with van der Waals surface area (Å²) in [6.45, 7) is 2.56. The minimum atomic E-state index is -0.308. The summed E-state index contributed by atoms with van der Waals surface area (Å²) in [6.07, 6.45) is 1.00. The van der Waals surface area contributed by atoms with E-state index in [2.05, 4.69) is 5.32 Å². The fraction of sp³-hybridized carbons (Fsp3) is 0.385. The summed E-state index contributed by atoms with van der Waals surface area (Å²) in [6, 6.07) is 1.29. The highest BCUT2D eigenvalue weighted by Gasteiger charge is 2.31. The van der Waals surface area contributed by atoms with Crippen LogP contribution in [0.2, 0.25) is 0 Å². The van der Waals surface area contributed by atoms with Gasteiger partial charge in [0.2, 0.25) is 0 Å². The van der Waals surface area contributed by atoms with Crippen molar-refractivity contribution in [3.05, 3.63) is 17.2 Å². The maximum Gasteiger partial charge on any atom is 0.168 e. The van der Waals surface area contributed by atoms with Crippen molar-refractivity contribution in [3.8, 4) is 11.5 Å². The van der Waals surface area contributed by atoms with Gasteiger partial charge in [-0.05, 0) is 6.42 Å². The highest BCUT2D eigenvalue weighted by Crippen LogP contribution is 2.40. The molecule has 1 aliphatic rings. The fourth-order valence-electron chi connectivity index (χ4n) is 2.08. The van der Waals surface area contributed by atoms with Crippen molar-refractivity contribution in [2.45, 2.75) is 26.2 Å². The first-order valence-electron chi connectivity index (χ1n) is 5.95. The van der Waals surface area contributed by atoms with Crippen LogP contribution in [0, 0.1) is 0 Å². The molecule has 2 rings (SSSR count). The molecule has 18 heavy (non-hydrogen) atoms. The van der Waals surface area contributed by atoms with Gasteiger partial charge in [0.1, 0.15) is 11.5 Å². The molecule has 1 aliphatic carbocycles. The molecule has 0 amide bonds. The van der Waals surface area contributed by atoms with Crippen LogP contribution in [0.5, 0.6) is 11.5 Å². The summed E-state index contributed by atoms with van der Waals surface area (Å²) in [7, 11) is 0. The molecule has 1 aromatic carbocycles. The Balaban J connectivity index is 2.57. The summed E-state index contributed by atoms with van der Waals surface area (Å²) >= 11 is 0. The number of rotatable bonds is 3. The number of fused-ring (bicyclic) bond motifs is 1. The van der Waals surface area contributed by atoms with Crippen molar-refractivity contribution >= 4 is 17.3 Å². The molecule has 0 atom stereocenters. The highest BCUT2D eigenvalue weighted by molar-refractivity contribution is 6.17. The number of nitrogens with one attached hydrogen (secondary N) is 1. The second kappa shape index (κ2) is 4.68. The van der Waals surface area contributed by atoms with Crippen molar-refractivity contribution in [1.29, 1.82) is 0 Å². The first-order chi connectivity index (χ1) is 8.56. The van der Waals surface area contributed by atoms with Crippen LogP contribution in [0.3, 0.4) is 0 Å². The number of Topliss-reactive ketones (excluding diaryl/α,β-unsaturated/α-hetero) is 2. The van der Waals surface area contributed by atoms with E-state index in [-0.39, 0.29) is 52.7 Å². The number of anilines is 1. The zero-order valence-electron chi connectivity index (χ0n) is 10.1. The topological polar surface area (TPSA) is 86.6 Å². The molecule has 0 radical (unpaired) electrons. The molecule has 0 spiro atoms. The van der Waals surface area contributed by atoms with Crippen LogP contribution >= 0.6 is 0 Å². The van der Waals surface area contributed by atoms with E-state index >= 15 is 0 Å². The standard InChI is InChI=1S/C13H15NO4/c1-2-5-14-7-6-10(17)11-8(15)3-4-9(16)12(11)13(7)18/h6,14,17-18H,2-5H2,1H3. The molecule has 0 saturated heterocycles. The van der Waals surface area contributed by atoms with Gasteiger partial charge in [0, 0.05) is 25.5 Å². The summed E-state index contributed by atoms with van der Waals surface area (Å²) in [4.78, 5) is 23.5. The third-order valence-electron chi connectivity index (χ3n) is 2.98. The molecule has 0 saturated carbocycles. The second-order valence-electron chi connectivity index (χ2n) is 4.31. The predicted molar refractivity (Wildman–Crippen MR) is 66.4 cm³/mol. The summed E-state index contributed by atoms with van der Waals surface area (Å²) in [5.74, 6) is -1.11. The minimum absolute atomic E-state index is 0.0502. The number of phenols is 2. The number of carbonyl (C=O) groups excluding carboxylic acids is 2. The average molecular weight is 249 g/mol. The lowest BCUT2D eigenvalue weighted by atomic mass is 9.87. The first-order valence-corrected chi connectivity index (χ1v) is 5.95. The van der Waals surface area contributed by atoms with Gasteiger partial charge in [0.05, 0.1) is 16.8 Å². The van der Waals surface area contributed by atoms with E-state index in [9.17, 15) is 19.8 Å². The summed E-state index contributed by atoms with van der Waals surface area (Å²) in [5.41, 5.74) is 0.187. The molecular formula is C13H15NO4. The normalized spacial score (nSPS) is 14.5. The number of carbonyl (C=O) groups is 2. The van der Waals surface area contributed by atoms with E-state index in [0.29, 0.717) is 6.54 Å². The Bertz CT molecular complexity index is 522. The maximum absolute atomic E-state index is 11.8. The molecule has 0 aliphatic heterocycles. The smallest absolute Gasteiger partial charge is 0.168 e. The lowest BCUT2D eigenvalue weighted by Crippen LogP contribution is -2.18. The van der Waals surface area contributed by atoms with E-state index in [0.717, 1.165) is 6.42 Å². The molecule has 5 heteroatoms. The molecule has 5 nitrogen and oxygen atoms in total. The molecule has 1 aromatic rings. The van der Waals surface area contributed by atoms with Crippen LogP contribution in [0.1, 0.15) is 46.9 Å². The van der Waals surface area contributed by atoms with E-state index in [4.69, 9.17) is 0 Å². The van der Waals surface area contributed by atoms with Gasteiger partial charge in [0.25, 0.3) is 0 Å². The van der Waals surface area contributed by atoms with Crippen LogP contribution in [0.15, 0.2) is 6.07 Å². The number of benzene rings is 1. The first kappa shape index (κ1) is 12.4. The molecule has 0 unspecified atom stereocenters. The fourth-order valence-corrected chi connectivity index (χ4v) is 2.08. The van der Waals surface area contributed by atoms with Gasteiger partial charge >= 0.3 is 0 Å². The van der Waals surface area contributed by atoms with Gasteiger partial charge in [-0.1, -0.05) is 6.92 Å². The average Bonchev–Trinajstić information content (AvgIpc) is 2.34. The van der Waals surface area contributed by atoms with Crippen molar-refractivity contribution in [1.82, 2.24) is 0 Å².